The normalized spacial score (nSPS) is 15.6. The third-order valence-corrected chi connectivity index (χ3v) is 4.65. The number of benzene rings is 1. The molecule has 3 aromatic rings. The number of rotatable bonds is 5. The SMILES string of the molecule is C#Cc1cc(Oc2ncnc3ccc(OC4CCN(C(=O)C=C)C4)nc23)ccc1F. The van der Waals surface area contributed by atoms with Crippen molar-refractivity contribution in [3.63, 3.8) is 0 Å². The number of carbonyl (C=O) groups excluding carboxylic acids is 1. The first-order chi connectivity index (χ1) is 14.6. The molecule has 1 saturated heterocycles. The van der Waals surface area contributed by atoms with E-state index in [9.17, 15) is 9.18 Å². The largest absolute Gasteiger partial charge is 0.472 e. The zero-order valence-electron chi connectivity index (χ0n) is 15.9. The number of hydrogen-bond acceptors (Lipinski definition) is 6. The van der Waals surface area contributed by atoms with E-state index in [0.29, 0.717) is 42.2 Å². The summed E-state index contributed by atoms with van der Waals surface area (Å²) < 4.78 is 25.3. The molecule has 0 N–H and O–H groups in total. The molecule has 1 aliphatic heterocycles. The van der Waals surface area contributed by atoms with Crippen LogP contribution in [0.3, 0.4) is 0 Å². The van der Waals surface area contributed by atoms with Crippen LogP contribution in [0.1, 0.15) is 12.0 Å². The summed E-state index contributed by atoms with van der Waals surface area (Å²) in [6.07, 6.45) is 8.46. The van der Waals surface area contributed by atoms with Gasteiger partial charge in [0.2, 0.25) is 17.7 Å². The lowest BCUT2D eigenvalue weighted by atomic mass is 10.2. The molecule has 0 saturated carbocycles. The second-order valence-electron chi connectivity index (χ2n) is 6.60. The Hall–Kier alpha value is -3.99. The molecule has 1 aromatic carbocycles. The molecule has 30 heavy (non-hydrogen) atoms. The first kappa shape index (κ1) is 19.3. The van der Waals surface area contributed by atoms with Gasteiger partial charge in [-0.3, -0.25) is 4.79 Å². The van der Waals surface area contributed by atoms with Gasteiger partial charge in [0.15, 0.2) is 5.52 Å². The molecule has 7 nitrogen and oxygen atoms in total. The van der Waals surface area contributed by atoms with Crippen LogP contribution in [0.25, 0.3) is 11.0 Å². The van der Waals surface area contributed by atoms with Crippen LogP contribution in [0.4, 0.5) is 4.39 Å². The minimum Gasteiger partial charge on any atom is -0.472 e. The molecule has 1 atom stereocenters. The molecule has 0 aliphatic carbocycles. The molecule has 150 valence electrons. The first-order valence-corrected chi connectivity index (χ1v) is 9.21. The lowest BCUT2D eigenvalue weighted by molar-refractivity contribution is -0.125. The average molecular weight is 404 g/mol. The molecule has 0 spiro atoms. The number of carbonyl (C=O) groups is 1. The van der Waals surface area contributed by atoms with Crippen LogP contribution < -0.4 is 9.47 Å². The van der Waals surface area contributed by atoms with E-state index in [4.69, 9.17) is 15.9 Å². The second kappa shape index (κ2) is 8.17. The lowest BCUT2D eigenvalue weighted by Gasteiger charge is -2.15. The number of nitrogens with zero attached hydrogens (tertiary/aromatic N) is 4. The Labute approximate surface area is 172 Å². The van der Waals surface area contributed by atoms with Crippen LogP contribution in [0.2, 0.25) is 0 Å². The molecule has 4 rings (SSSR count). The van der Waals surface area contributed by atoms with Crippen molar-refractivity contribution in [3.05, 3.63) is 60.7 Å². The summed E-state index contributed by atoms with van der Waals surface area (Å²) in [6, 6.07) is 7.53. The van der Waals surface area contributed by atoms with Gasteiger partial charge >= 0.3 is 0 Å². The molecule has 8 heteroatoms. The van der Waals surface area contributed by atoms with Crippen molar-refractivity contribution in [1.29, 1.82) is 0 Å². The predicted octanol–water partition coefficient (Wildman–Crippen LogP) is 3.10. The fraction of sp³-hybridized carbons (Fsp3) is 0.182. The van der Waals surface area contributed by atoms with Crippen LogP contribution in [0, 0.1) is 18.2 Å². The van der Waals surface area contributed by atoms with Crippen LogP contribution in [-0.2, 0) is 4.79 Å². The predicted molar refractivity (Wildman–Crippen MR) is 108 cm³/mol. The number of pyridine rings is 1. The van der Waals surface area contributed by atoms with E-state index in [1.54, 1.807) is 17.0 Å². The van der Waals surface area contributed by atoms with Crippen molar-refractivity contribution in [2.75, 3.05) is 13.1 Å². The topological polar surface area (TPSA) is 77.4 Å². The summed E-state index contributed by atoms with van der Waals surface area (Å²) in [7, 11) is 0. The van der Waals surface area contributed by atoms with Crippen LogP contribution >= 0.6 is 0 Å². The van der Waals surface area contributed by atoms with Crippen molar-refractivity contribution in [2.24, 2.45) is 0 Å². The number of terminal acetylenes is 1. The molecule has 0 radical (unpaired) electrons. The van der Waals surface area contributed by atoms with Gasteiger partial charge in [0.05, 0.1) is 17.6 Å². The Morgan fingerprint density at radius 3 is 3.00 bits per heavy atom. The van der Waals surface area contributed by atoms with Gasteiger partial charge in [-0.2, -0.15) is 4.98 Å². The van der Waals surface area contributed by atoms with Crippen molar-refractivity contribution in [1.82, 2.24) is 19.9 Å². The Balaban J connectivity index is 1.58. The van der Waals surface area contributed by atoms with Crippen molar-refractivity contribution < 1.29 is 18.7 Å². The number of likely N-dealkylation sites (tertiary alicyclic amines) is 1. The number of fused-ring (bicyclic) bond motifs is 1. The molecule has 2 aromatic heterocycles. The quantitative estimate of drug-likeness (QED) is 0.480. The summed E-state index contributed by atoms with van der Waals surface area (Å²) in [6.45, 7) is 4.57. The fourth-order valence-electron chi connectivity index (χ4n) is 3.15. The van der Waals surface area contributed by atoms with Crippen LogP contribution in [-0.4, -0.2) is 45.0 Å². The molecule has 3 heterocycles. The zero-order valence-corrected chi connectivity index (χ0v) is 15.9. The highest BCUT2D eigenvalue weighted by atomic mass is 19.1. The van der Waals surface area contributed by atoms with E-state index >= 15 is 0 Å². The third kappa shape index (κ3) is 3.91. The Bertz CT molecular complexity index is 1170. The molecular formula is C22H17FN4O3. The van der Waals surface area contributed by atoms with Gasteiger partial charge < -0.3 is 14.4 Å². The van der Waals surface area contributed by atoms with Gasteiger partial charge in [-0.05, 0) is 30.3 Å². The Morgan fingerprint density at radius 2 is 2.20 bits per heavy atom. The minimum absolute atomic E-state index is 0.0858. The standard InChI is InChI=1S/C22H17FN4O3/c1-3-14-11-15(5-6-17(14)23)30-22-21-18(24-13-25-22)7-8-19(26-21)29-16-9-10-27(12-16)20(28)4-2/h1,4-8,11,13,16H,2,9-10,12H2. The molecule has 1 amide bonds. The van der Waals surface area contributed by atoms with E-state index in [0.717, 1.165) is 0 Å². The van der Waals surface area contributed by atoms with E-state index in [2.05, 4.69) is 27.5 Å². The highest BCUT2D eigenvalue weighted by Crippen LogP contribution is 2.28. The highest BCUT2D eigenvalue weighted by molar-refractivity contribution is 5.87. The smallest absolute Gasteiger partial charge is 0.249 e. The van der Waals surface area contributed by atoms with Gasteiger partial charge in [0.1, 0.15) is 24.0 Å². The fourth-order valence-corrected chi connectivity index (χ4v) is 3.15. The molecule has 1 aliphatic rings. The monoisotopic (exact) mass is 404 g/mol. The van der Waals surface area contributed by atoms with E-state index in [-0.39, 0.29) is 23.5 Å². The highest BCUT2D eigenvalue weighted by Gasteiger charge is 2.26. The first-order valence-electron chi connectivity index (χ1n) is 9.21. The zero-order chi connectivity index (χ0) is 21.1. The summed E-state index contributed by atoms with van der Waals surface area (Å²) >= 11 is 0. The van der Waals surface area contributed by atoms with Crippen molar-refractivity contribution >= 4 is 16.9 Å². The van der Waals surface area contributed by atoms with Crippen molar-refractivity contribution in [3.8, 4) is 29.9 Å². The van der Waals surface area contributed by atoms with E-state index < -0.39 is 5.82 Å². The lowest BCUT2D eigenvalue weighted by Crippen LogP contribution is -2.29. The van der Waals surface area contributed by atoms with Gasteiger partial charge in [0, 0.05) is 19.0 Å². The number of hydrogen-bond donors (Lipinski definition) is 0. The maximum atomic E-state index is 13.6. The summed E-state index contributed by atoms with van der Waals surface area (Å²) in [4.78, 5) is 26.2. The number of ether oxygens (including phenoxy) is 2. The molecular weight excluding hydrogens is 387 g/mol. The number of halogens is 1. The Morgan fingerprint density at radius 1 is 1.33 bits per heavy atom. The maximum absolute atomic E-state index is 13.6. The van der Waals surface area contributed by atoms with Gasteiger partial charge in [-0.1, -0.05) is 12.5 Å². The number of amides is 1. The average Bonchev–Trinajstić information content (AvgIpc) is 3.23. The van der Waals surface area contributed by atoms with Gasteiger partial charge in [-0.25, -0.2) is 14.4 Å². The molecule has 1 fully saturated rings. The molecule has 0 bridgehead atoms. The summed E-state index contributed by atoms with van der Waals surface area (Å²) in [5.41, 5.74) is 1.03. The van der Waals surface area contributed by atoms with Crippen molar-refractivity contribution in [2.45, 2.75) is 12.5 Å². The van der Waals surface area contributed by atoms with Crippen LogP contribution in [0.5, 0.6) is 17.5 Å². The summed E-state index contributed by atoms with van der Waals surface area (Å²) in [5.74, 6) is 2.52. The maximum Gasteiger partial charge on any atom is 0.249 e. The van der Waals surface area contributed by atoms with Gasteiger partial charge in [0.25, 0.3) is 0 Å². The number of aromatic nitrogens is 3. The van der Waals surface area contributed by atoms with Crippen LogP contribution in [0.15, 0.2) is 49.3 Å². The molecule has 1 unspecified atom stereocenters. The second-order valence-corrected chi connectivity index (χ2v) is 6.60. The van der Waals surface area contributed by atoms with E-state index in [1.165, 1.54) is 30.6 Å². The van der Waals surface area contributed by atoms with E-state index in [1.807, 2.05) is 0 Å². The third-order valence-electron chi connectivity index (χ3n) is 4.65. The summed E-state index contributed by atoms with van der Waals surface area (Å²) in [5, 5.41) is 0. The minimum atomic E-state index is -0.508. The van der Waals surface area contributed by atoms with Gasteiger partial charge in [-0.15, -0.1) is 6.42 Å². The Kier molecular flexibility index (Phi) is 5.26.